The third kappa shape index (κ3) is 3.78. The molecule has 2 aromatic heterocycles. The summed E-state index contributed by atoms with van der Waals surface area (Å²) in [6.45, 7) is 5.44. The normalized spacial score (nSPS) is 10.4. The fourth-order valence-electron chi connectivity index (χ4n) is 1.70. The fourth-order valence-corrected chi connectivity index (χ4v) is 1.91. The van der Waals surface area contributed by atoms with E-state index in [1.54, 1.807) is 12.5 Å². The van der Waals surface area contributed by atoms with Gasteiger partial charge in [-0.3, -0.25) is 0 Å². The van der Waals surface area contributed by atoms with Crippen LogP contribution in [-0.4, -0.2) is 26.4 Å². The maximum absolute atomic E-state index is 5.22. The van der Waals surface area contributed by atoms with Gasteiger partial charge >= 0.3 is 0 Å². The lowest BCUT2D eigenvalue weighted by atomic mass is 10.3. The number of nitrogens with zero attached hydrogens (tertiary/aromatic N) is 3. The van der Waals surface area contributed by atoms with Gasteiger partial charge in [0.1, 0.15) is 11.4 Å². The second kappa shape index (κ2) is 6.33. The topological polar surface area (TPSA) is 67.9 Å². The van der Waals surface area contributed by atoms with Gasteiger partial charge in [0, 0.05) is 25.5 Å². The van der Waals surface area contributed by atoms with E-state index in [-0.39, 0.29) is 0 Å². The van der Waals surface area contributed by atoms with Gasteiger partial charge in [-0.2, -0.15) is 0 Å². The molecule has 2 aromatic rings. The predicted molar refractivity (Wildman–Crippen MR) is 77.0 cm³/mol. The van der Waals surface area contributed by atoms with E-state index in [4.69, 9.17) is 16.7 Å². The Morgan fingerprint density at radius 2 is 2.32 bits per heavy atom. The van der Waals surface area contributed by atoms with E-state index in [0.717, 1.165) is 36.7 Å². The number of imidazole rings is 1. The van der Waals surface area contributed by atoms with E-state index in [2.05, 4.69) is 20.8 Å². The van der Waals surface area contributed by atoms with Crippen molar-refractivity contribution in [2.24, 2.45) is 0 Å². The maximum atomic E-state index is 5.22. The molecular formula is C12H17N5OS. The van der Waals surface area contributed by atoms with E-state index < -0.39 is 0 Å². The van der Waals surface area contributed by atoms with Crippen LogP contribution in [-0.2, 0) is 6.54 Å². The second-order valence-corrected chi connectivity index (χ2v) is 4.64. The summed E-state index contributed by atoms with van der Waals surface area (Å²) >= 11 is 5.22. The zero-order valence-electron chi connectivity index (χ0n) is 11.0. The molecule has 2 N–H and O–H groups in total. The maximum Gasteiger partial charge on any atom is 0.170 e. The van der Waals surface area contributed by atoms with Gasteiger partial charge in [-0.15, -0.1) is 0 Å². The first-order valence-corrected chi connectivity index (χ1v) is 6.51. The number of nitrogens with one attached hydrogen (secondary N) is 2. The Kier molecular flexibility index (Phi) is 4.51. The molecule has 0 amide bonds. The highest BCUT2D eigenvalue weighted by atomic mass is 32.1. The number of hydrogen-bond acceptors (Lipinski definition) is 4. The molecule has 0 aliphatic rings. The van der Waals surface area contributed by atoms with E-state index in [1.807, 2.05) is 24.6 Å². The first-order valence-electron chi connectivity index (χ1n) is 6.10. The second-order valence-electron chi connectivity index (χ2n) is 4.23. The molecule has 0 fully saturated rings. The molecule has 2 rings (SSSR count). The summed E-state index contributed by atoms with van der Waals surface area (Å²) in [6, 6.07) is 0. The highest BCUT2D eigenvalue weighted by Gasteiger charge is 2.09. The Hall–Kier alpha value is -1.89. The standard InChI is InChI=1S/C12H17N5OS/c1-9-11(10(2)18-16-9)15-12(19)14-4-3-6-17-7-5-13-8-17/h5,7-8H,3-4,6H2,1-2H3,(H2,14,15,19). The molecule has 0 radical (unpaired) electrons. The molecule has 6 nitrogen and oxygen atoms in total. The fraction of sp³-hybridized carbons (Fsp3) is 0.417. The van der Waals surface area contributed by atoms with Crippen molar-refractivity contribution >= 4 is 23.0 Å². The van der Waals surface area contributed by atoms with Gasteiger partial charge < -0.3 is 19.7 Å². The molecule has 0 bridgehead atoms. The van der Waals surface area contributed by atoms with Crippen molar-refractivity contribution in [3.8, 4) is 0 Å². The van der Waals surface area contributed by atoms with Crippen molar-refractivity contribution < 1.29 is 4.52 Å². The number of hydrogen-bond donors (Lipinski definition) is 2. The molecule has 7 heteroatoms. The van der Waals surface area contributed by atoms with Gasteiger partial charge in [0.15, 0.2) is 10.9 Å². The van der Waals surface area contributed by atoms with Crippen molar-refractivity contribution in [3.63, 3.8) is 0 Å². The van der Waals surface area contributed by atoms with Crippen LogP contribution in [0.25, 0.3) is 0 Å². The van der Waals surface area contributed by atoms with Gasteiger partial charge in [0.25, 0.3) is 0 Å². The lowest BCUT2D eigenvalue weighted by molar-refractivity contribution is 0.393. The monoisotopic (exact) mass is 279 g/mol. The lowest BCUT2D eigenvalue weighted by Crippen LogP contribution is -2.30. The van der Waals surface area contributed by atoms with Gasteiger partial charge in [-0.05, 0) is 32.5 Å². The number of aryl methyl sites for hydroxylation is 3. The molecule has 0 aliphatic heterocycles. The number of anilines is 1. The molecule has 0 aromatic carbocycles. The summed E-state index contributed by atoms with van der Waals surface area (Å²) in [5, 5.41) is 10.7. The molecule has 0 saturated heterocycles. The van der Waals surface area contributed by atoms with Gasteiger partial charge in [0.2, 0.25) is 0 Å². The smallest absolute Gasteiger partial charge is 0.170 e. The molecule has 102 valence electrons. The van der Waals surface area contributed by atoms with Crippen molar-refractivity contribution in [1.82, 2.24) is 20.0 Å². The third-order valence-corrected chi connectivity index (χ3v) is 2.96. The third-order valence-electron chi connectivity index (χ3n) is 2.71. The van der Waals surface area contributed by atoms with Crippen molar-refractivity contribution in [1.29, 1.82) is 0 Å². The molecule has 0 unspecified atom stereocenters. The Balaban J connectivity index is 1.70. The molecule has 0 aliphatic carbocycles. The molecule has 0 atom stereocenters. The van der Waals surface area contributed by atoms with Crippen molar-refractivity contribution in [2.45, 2.75) is 26.8 Å². The van der Waals surface area contributed by atoms with Gasteiger partial charge in [0.05, 0.1) is 6.33 Å². The van der Waals surface area contributed by atoms with E-state index in [1.165, 1.54) is 0 Å². The first-order chi connectivity index (χ1) is 9.16. The lowest BCUT2D eigenvalue weighted by Gasteiger charge is -2.10. The van der Waals surface area contributed by atoms with Crippen molar-refractivity contribution in [2.75, 3.05) is 11.9 Å². The Morgan fingerprint density at radius 1 is 1.47 bits per heavy atom. The van der Waals surface area contributed by atoms with Crippen LogP contribution in [0.3, 0.4) is 0 Å². The van der Waals surface area contributed by atoms with Crippen LogP contribution in [0.15, 0.2) is 23.2 Å². The highest BCUT2D eigenvalue weighted by molar-refractivity contribution is 7.80. The van der Waals surface area contributed by atoms with Gasteiger partial charge in [-0.25, -0.2) is 4.98 Å². The van der Waals surface area contributed by atoms with Gasteiger partial charge in [-0.1, -0.05) is 5.16 Å². The molecule has 19 heavy (non-hydrogen) atoms. The minimum absolute atomic E-state index is 0.583. The number of aromatic nitrogens is 3. The zero-order valence-corrected chi connectivity index (χ0v) is 11.8. The average molecular weight is 279 g/mol. The Bertz CT molecular complexity index is 515. The Labute approximate surface area is 117 Å². The SMILES string of the molecule is Cc1noc(C)c1NC(=S)NCCCn1ccnc1. The zero-order chi connectivity index (χ0) is 13.7. The summed E-state index contributed by atoms with van der Waals surface area (Å²) in [5.74, 6) is 0.736. The molecule has 0 saturated carbocycles. The van der Waals surface area contributed by atoms with E-state index >= 15 is 0 Å². The Morgan fingerprint density at radius 3 is 2.95 bits per heavy atom. The van der Waals surface area contributed by atoms with Crippen LogP contribution in [0.5, 0.6) is 0 Å². The average Bonchev–Trinajstić information content (AvgIpc) is 3.00. The van der Waals surface area contributed by atoms with E-state index in [9.17, 15) is 0 Å². The minimum atomic E-state index is 0.583. The summed E-state index contributed by atoms with van der Waals surface area (Å²) in [4.78, 5) is 3.99. The van der Waals surface area contributed by atoms with Crippen molar-refractivity contribution in [3.05, 3.63) is 30.2 Å². The summed E-state index contributed by atoms with van der Waals surface area (Å²) < 4.78 is 7.09. The van der Waals surface area contributed by atoms with Crippen LogP contribution in [0.1, 0.15) is 17.9 Å². The van der Waals surface area contributed by atoms with Crippen LogP contribution in [0.4, 0.5) is 5.69 Å². The molecule has 2 heterocycles. The first kappa shape index (κ1) is 13.5. The molecular weight excluding hydrogens is 262 g/mol. The highest BCUT2D eigenvalue weighted by Crippen LogP contribution is 2.18. The minimum Gasteiger partial charge on any atom is -0.362 e. The summed E-state index contributed by atoms with van der Waals surface area (Å²) in [7, 11) is 0. The number of rotatable bonds is 5. The van der Waals surface area contributed by atoms with E-state index in [0.29, 0.717) is 5.11 Å². The van der Waals surface area contributed by atoms with Crippen LogP contribution in [0, 0.1) is 13.8 Å². The van der Waals surface area contributed by atoms with Crippen LogP contribution >= 0.6 is 12.2 Å². The molecule has 0 spiro atoms. The quantitative estimate of drug-likeness (QED) is 0.643. The predicted octanol–water partition coefficient (Wildman–Crippen LogP) is 1.86. The summed E-state index contributed by atoms with van der Waals surface area (Å²) in [6.07, 6.45) is 6.50. The van der Waals surface area contributed by atoms with Crippen LogP contribution < -0.4 is 10.6 Å². The number of thiocarbonyl (C=S) groups is 1. The van der Waals surface area contributed by atoms with Crippen LogP contribution in [0.2, 0.25) is 0 Å². The summed E-state index contributed by atoms with van der Waals surface area (Å²) in [5.41, 5.74) is 1.65. The largest absolute Gasteiger partial charge is 0.362 e.